The number of ether oxygens (including phenoxy) is 1. The van der Waals surface area contributed by atoms with Gasteiger partial charge in [0.25, 0.3) is 0 Å². The Morgan fingerprint density at radius 2 is 1.52 bits per heavy atom. The SMILES string of the molecule is CCOC(=O)N1CCN(C(=O)C(=O)Nc2ccc(N3CCCC3)cc2)CC1. The van der Waals surface area contributed by atoms with Crippen LogP contribution in [0.4, 0.5) is 16.2 Å². The summed E-state index contributed by atoms with van der Waals surface area (Å²) < 4.78 is 4.95. The van der Waals surface area contributed by atoms with Crippen LogP contribution in [-0.2, 0) is 14.3 Å². The lowest BCUT2D eigenvalue weighted by Gasteiger charge is -2.33. The average molecular weight is 374 g/mol. The molecule has 2 heterocycles. The first-order valence-electron chi connectivity index (χ1n) is 9.45. The monoisotopic (exact) mass is 374 g/mol. The van der Waals surface area contributed by atoms with E-state index in [0.717, 1.165) is 18.8 Å². The van der Waals surface area contributed by atoms with Gasteiger partial charge in [0.1, 0.15) is 0 Å². The summed E-state index contributed by atoms with van der Waals surface area (Å²) >= 11 is 0. The van der Waals surface area contributed by atoms with Crippen LogP contribution in [0.3, 0.4) is 0 Å². The predicted molar refractivity (Wildman–Crippen MR) is 102 cm³/mol. The molecule has 3 rings (SSSR count). The van der Waals surface area contributed by atoms with Crippen LogP contribution >= 0.6 is 0 Å². The van der Waals surface area contributed by atoms with Gasteiger partial charge >= 0.3 is 17.9 Å². The Morgan fingerprint density at radius 3 is 2.11 bits per heavy atom. The summed E-state index contributed by atoms with van der Waals surface area (Å²) in [5.74, 6) is -1.24. The Balaban J connectivity index is 1.49. The second-order valence-corrected chi connectivity index (χ2v) is 6.67. The highest BCUT2D eigenvalue weighted by molar-refractivity contribution is 6.39. The fourth-order valence-corrected chi connectivity index (χ4v) is 3.37. The molecule has 0 spiro atoms. The lowest BCUT2D eigenvalue weighted by molar-refractivity contribution is -0.144. The predicted octanol–water partition coefficient (Wildman–Crippen LogP) is 1.53. The summed E-state index contributed by atoms with van der Waals surface area (Å²) in [6.45, 7) is 5.54. The van der Waals surface area contributed by atoms with Gasteiger partial charge in [-0.05, 0) is 44.0 Å². The maximum absolute atomic E-state index is 12.4. The van der Waals surface area contributed by atoms with E-state index in [4.69, 9.17) is 4.74 Å². The Bertz CT molecular complexity index is 677. The van der Waals surface area contributed by atoms with Crippen LogP contribution < -0.4 is 10.2 Å². The van der Waals surface area contributed by atoms with Gasteiger partial charge in [-0.1, -0.05) is 0 Å². The number of anilines is 2. The van der Waals surface area contributed by atoms with Gasteiger partial charge in [0.05, 0.1) is 6.61 Å². The molecule has 8 nitrogen and oxygen atoms in total. The number of amides is 3. The molecule has 1 aromatic rings. The van der Waals surface area contributed by atoms with Gasteiger partial charge in [-0.15, -0.1) is 0 Å². The summed E-state index contributed by atoms with van der Waals surface area (Å²) in [7, 11) is 0. The molecule has 27 heavy (non-hydrogen) atoms. The summed E-state index contributed by atoms with van der Waals surface area (Å²) in [6, 6.07) is 7.56. The molecule has 0 radical (unpaired) electrons. The zero-order valence-corrected chi connectivity index (χ0v) is 15.6. The lowest BCUT2D eigenvalue weighted by atomic mass is 10.2. The standard InChI is InChI=1S/C19H26N4O4/c1-2-27-19(26)23-13-11-22(12-14-23)18(25)17(24)20-15-5-7-16(8-6-15)21-9-3-4-10-21/h5-8H,2-4,9-14H2,1H3,(H,20,24). The van der Waals surface area contributed by atoms with Crippen LogP contribution in [0.25, 0.3) is 0 Å². The van der Waals surface area contributed by atoms with Gasteiger partial charge in [-0.3, -0.25) is 9.59 Å². The van der Waals surface area contributed by atoms with E-state index < -0.39 is 11.8 Å². The van der Waals surface area contributed by atoms with Crippen molar-refractivity contribution in [1.82, 2.24) is 9.80 Å². The van der Waals surface area contributed by atoms with Gasteiger partial charge in [-0.25, -0.2) is 4.79 Å². The van der Waals surface area contributed by atoms with Gasteiger partial charge in [0, 0.05) is 50.6 Å². The number of hydrogen-bond donors (Lipinski definition) is 1. The van der Waals surface area contributed by atoms with Gasteiger partial charge in [0.15, 0.2) is 0 Å². The second kappa shape index (κ2) is 8.75. The molecule has 0 aromatic heterocycles. The van der Waals surface area contributed by atoms with Crippen molar-refractivity contribution in [1.29, 1.82) is 0 Å². The fraction of sp³-hybridized carbons (Fsp3) is 0.526. The van der Waals surface area contributed by atoms with E-state index >= 15 is 0 Å². The molecule has 2 aliphatic rings. The highest BCUT2D eigenvalue weighted by Crippen LogP contribution is 2.22. The molecule has 0 bridgehead atoms. The van der Waals surface area contributed by atoms with E-state index in [2.05, 4.69) is 10.2 Å². The number of nitrogens with one attached hydrogen (secondary N) is 1. The van der Waals surface area contributed by atoms with Crippen molar-refractivity contribution in [2.45, 2.75) is 19.8 Å². The molecule has 0 aliphatic carbocycles. The highest BCUT2D eigenvalue weighted by atomic mass is 16.6. The van der Waals surface area contributed by atoms with Crippen LogP contribution in [0.15, 0.2) is 24.3 Å². The molecule has 8 heteroatoms. The van der Waals surface area contributed by atoms with E-state index in [1.165, 1.54) is 17.7 Å². The van der Waals surface area contributed by atoms with Crippen molar-refractivity contribution in [2.24, 2.45) is 0 Å². The first kappa shape index (κ1) is 19.0. The molecule has 2 aliphatic heterocycles. The molecule has 0 atom stereocenters. The summed E-state index contributed by atoms with van der Waals surface area (Å²) in [5.41, 5.74) is 1.73. The first-order valence-corrected chi connectivity index (χ1v) is 9.45. The quantitative estimate of drug-likeness (QED) is 0.812. The maximum Gasteiger partial charge on any atom is 0.409 e. The third kappa shape index (κ3) is 4.69. The zero-order chi connectivity index (χ0) is 19.2. The van der Waals surface area contributed by atoms with Gasteiger partial charge < -0.3 is 24.8 Å². The van der Waals surface area contributed by atoms with Crippen molar-refractivity contribution in [3.8, 4) is 0 Å². The number of benzene rings is 1. The largest absolute Gasteiger partial charge is 0.450 e. The minimum absolute atomic E-state index is 0.316. The molecule has 146 valence electrons. The first-order chi connectivity index (χ1) is 13.1. The molecule has 2 fully saturated rings. The van der Waals surface area contributed by atoms with Crippen molar-refractivity contribution >= 4 is 29.3 Å². The van der Waals surface area contributed by atoms with Crippen molar-refractivity contribution < 1.29 is 19.1 Å². The Morgan fingerprint density at radius 1 is 0.926 bits per heavy atom. The zero-order valence-electron chi connectivity index (χ0n) is 15.6. The molecule has 2 saturated heterocycles. The van der Waals surface area contributed by atoms with Crippen LogP contribution in [-0.4, -0.2) is 73.6 Å². The van der Waals surface area contributed by atoms with Crippen LogP contribution in [0.5, 0.6) is 0 Å². The topological polar surface area (TPSA) is 82.2 Å². The minimum atomic E-state index is -0.659. The van der Waals surface area contributed by atoms with E-state index in [0.29, 0.717) is 38.5 Å². The second-order valence-electron chi connectivity index (χ2n) is 6.67. The number of carbonyl (C=O) groups is 3. The smallest absolute Gasteiger partial charge is 0.409 e. The molecular weight excluding hydrogens is 348 g/mol. The Labute approximate surface area is 159 Å². The average Bonchev–Trinajstić information content (AvgIpc) is 3.23. The Hall–Kier alpha value is -2.77. The third-order valence-electron chi connectivity index (χ3n) is 4.88. The number of rotatable bonds is 3. The number of piperazine rings is 1. The van der Waals surface area contributed by atoms with E-state index in [-0.39, 0.29) is 6.09 Å². The summed E-state index contributed by atoms with van der Waals surface area (Å²) in [5, 5.41) is 2.66. The van der Waals surface area contributed by atoms with Crippen LogP contribution in [0, 0.1) is 0 Å². The van der Waals surface area contributed by atoms with E-state index in [1.807, 2.05) is 24.3 Å². The van der Waals surface area contributed by atoms with E-state index in [1.54, 1.807) is 11.8 Å². The molecule has 1 aromatic carbocycles. The van der Waals surface area contributed by atoms with Crippen LogP contribution in [0.2, 0.25) is 0 Å². The summed E-state index contributed by atoms with van der Waals surface area (Å²) in [6.07, 6.45) is 2.03. The highest BCUT2D eigenvalue weighted by Gasteiger charge is 2.28. The lowest BCUT2D eigenvalue weighted by Crippen LogP contribution is -2.53. The number of carbonyl (C=O) groups excluding carboxylic acids is 3. The van der Waals surface area contributed by atoms with E-state index in [9.17, 15) is 14.4 Å². The van der Waals surface area contributed by atoms with Crippen LogP contribution in [0.1, 0.15) is 19.8 Å². The molecule has 3 amide bonds. The maximum atomic E-state index is 12.4. The van der Waals surface area contributed by atoms with Crippen molar-refractivity contribution in [3.05, 3.63) is 24.3 Å². The van der Waals surface area contributed by atoms with Crippen molar-refractivity contribution in [2.75, 3.05) is 56.1 Å². The number of nitrogens with zero attached hydrogens (tertiary/aromatic N) is 3. The Kier molecular flexibility index (Phi) is 6.16. The number of hydrogen-bond acceptors (Lipinski definition) is 5. The minimum Gasteiger partial charge on any atom is -0.450 e. The van der Waals surface area contributed by atoms with Gasteiger partial charge in [0.2, 0.25) is 0 Å². The molecule has 1 N–H and O–H groups in total. The van der Waals surface area contributed by atoms with Crippen molar-refractivity contribution in [3.63, 3.8) is 0 Å². The molecule has 0 unspecified atom stereocenters. The fourth-order valence-electron chi connectivity index (χ4n) is 3.37. The van der Waals surface area contributed by atoms with Gasteiger partial charge in [-0.2, -0.15) is 0 Å². The molecule has 0 saturated carbocycles. The molecular formula is C19H26N4O4. The normalized spacial score (nSPS) is 17.0. The summed E-state index contributed by atoms with van der Waals surface area (Å²) in [4.78, 5) is 41.6. The third-order valence-corrected chi connectivity index (χ3v) is 4.88.